The minimum atomic E-state index is -4.17. The molecule has 1 N–H and O–H groups in total. The molecule has 0 aliphatic carbocycles. The molecule has 0 radical (unpaired) electrons. The molecule has 0 saturated carbocycles. The number of hydrogen-bond acceptors (Lipinski definition) is 6. The van der Waals surface area contributed by atoms with Gasteiger partial charge in [-0.1, -0.05) is 103 Å². The van der Waals surface area contributed by atoms with E-state index in [9.17, 15) is 13.2 Å². The summed E-state index contributed by atoms with van der Waals surface area (Å²) < 4.78 is 35.1. The summed E-state index contributed by atoms with van der Waals surface area (Å²) in [6.45, 7) is 0.101. The summed E-state index contributed by atoms with van der Waals surface area (Å²) in [4.78, 5) is 21.9. The minimum absolute atomic E-state index is 0.0201. The molecule has 3 heterocycles. The highest BCUT2D eigenvalue weighted by Crippen LogP contribution is 2.36. The zero-order valence-corrected chi connectivity index (χ0v) is 24.2. The Hall–Kier alpha value is -5.38. The molecule has 216 valence electrons. The molecule has 0 amide bonds. The number of benzene rings is 4. The molecule has 3 aromatic heterocycles. The molecule has 0 unspecified atom stereocenters. The molecular weight excluding hydrogens is 572 g/mol. The second kappa shape index (κ2) is 11.4. The molecule has 0 spiro atoms. The molecule has 0 aliphatic heterocycles. The van der Waals surface area contributed by atoms with Crippen molar-refractivity contribution in [1.29, 1.82) is 0 Å². The summed E-state index contributed by atoms with van der Waals surface area (Å²) in [5, 5.41) is 5.30. The van der Waals surface area contributed by atoms with E-state index < -0.39 is 21.3 Å². The first-order valence-corrected chi connectivity index (χ1v) is 15.6. The van der Waals surface area contributed by atoms with Crippen LogP contribution in [0.25, 0.3) is 50.1 Å². The van der Waals surface area contributed by atoms with Gasteiger partial charge in [0.25, 0.3) is 5.56 Å². The maximum atomic E-state index is 14.4. The van der Waals surface area contributed by atoms with E-state index >= 15 is 0 Å². The fourth-order valence-corrected chi connectivity index (χ4v) is 6.54. The molecular formula is C35H26N4O4S. The number of nitrogens with one attached hydrogen (secondary N) is 1. The van der Waals surface area contributed by atoms with Gasteiger partial charge in [0.2, 0.25) is 9.84 Å². The van der Waals surface area contributed by atoms with Crippen LogP contribution in [0.1, 0.15) is 5.56 Å². The number of aromatic nitrogens is 4. The third-order valence-corrected chi connectivity index (χ3v) is 8.82. The Labute approximate surface area is 253 Å². The Morgan fingerprint density at radius 3 is 2.14 bits per heavy atom. The number of rotatable bonds is 8. The van der Waals surface area contributed by atoms with E-state index in [1.54, 1.807) is 30.5 Å². The molecule has 0 saturated heterocycles. The number of hydrogen-bond donors (Lipinski definition) is 1. The normalized spacial score (nSPS) is 11.7. The lowest BCUT2D eigenvalue weighted by Gasteiger charge is -2.13. The third kappa shape index (κ3) is 5.08. The van der Waals surface area contributed by atoms with Gasteiger partial charge in [0.05, 0.1) is 23.3 Å². The maximum Gasteiger partial charge on any atom is 0.283 e. The Kier molecular flexibility index (Phi) is 7.09. The van der Waals surface area contributed by atoms with Gasteiger partial charge in [-0.2, -0.15) is 9.61 Å². The van der Waals surface area contributed by atoms with Crippen LogP contribution < -0.4 is 5.56 Å². The number of H-pyrrole nitrogens is 1. The number of ether oxygens (including phenoxy) is 1. The molecule has 0 bridgehead atoms. The van der Waals surface area contributed by atoms with Gasteiger partial charge in [0.15, 0.2) is 5.94 Å². The first kappa shape index (κ1) is 27.5. The number of nitrogens with zero attached hydrogens (tertiary/aromatic N) is 3. The number of sulfone groups is 1. The van der Waals surface area contributed by atoms with E-state index in [2.05, 4.69) is 9.97 Å². The minimum Gasteiger partial charge on any atom is -0.360 e. The zero-order chi connectivity index (χ0) is 30.1. The maximum absolute atomic E-state index is 14.4. The highest BCUT2D eigenvalue weighted by molar-refractivity contribution is 7.91. The lowest BCUT2D eigenvalue weighted by Crippen LogP contribution is -2.24. The van der Waals surface area contributed by atoms with E-state index in [0.717, 1.165) is 27.6 Å². The standard InChI is InChI=1S/C35H26N4O4S/c40-35-31(28-18-19-29-27(21-28)17-10-20-36-29)34(44(41,42)23-43-22-24-11-4-1-5-12-24)37-33-30(25-13-6-2-7-14-25)32(38-39(33)35)26-15-8-3-9-16-26/h1-21,37H,22-23H2. The van der Waals surface area contributed by atoms with E-state index in [1.807, 2.05) is 97.1 Å². The van der Waals surface area contributed by atoms with Crippen molar-refractivity contribution in [3.63, 3.8) is 0 Å². The van der Waals surface area contributed by atoms with Gasteiger partial charge < -0.3 is 9.72 Å². The summed E-state index contributed by atoms with van der Waals surface area (Å²) in [6.07, 6.45) is 1.68. The SMILES string of the molecule is O=c1c(-c2ccc3ncccc3c2)c(S(=O)(=O)COCc2ccccc2)[nH]c2c(-c3ccccc3)c(-c3ccccc3)nn12. The Balaban J connectivity index is 1.48. The smallest absolute Gasteiger partial charge is 0.283 e. The molecule has 8 nitrogen and oxygen atoms in total. The predicted octanol–water partition coefficient (Wildman–Crippen LogP) is 6.52. The van der Waals surface area contributed by atoms with Crippen LogP contribution >= 0.6 is 0 Å². The van der Waals surface area contributed by atoms with Crippen molar-refractivity contribution in [3.05, 3.63) is 143 Å². The van der Waals surface area contributed by atoms with Crippen LogP contribution in [-0.4, -0.2) is 33.9 Å². The first-order valence-electron chi connectivity index (χ1n) is 14.0. The van der Waals surface area contributed by atoms with Gasteiger partial charge >= 0.3 is 0 Å². The molecule has 7 rings (SSSR count). The predicted molar refractivity (Wildman–Crippen MR) is 171 cm³/mol. The van der Waals surface area contributed by atoms with Crippen LogP contribution in [0, 0.1) is 0 Å². The fraction of sp³-hybridized carbons (Fsp3) is 0.0571. The van der Waals surface area contributed by atoms with Gasteiger partial charge in [0.1, 0.15) is 16.4 Å². The topological polar surface area (TPSA) is 106 Å². The average molecular weight is 599 g/mol. The molecule has 0 atom stereocenters. The van der Waals surface area contributed by atoms with E-state index in [1.165, 1.54) is 4.52 Å². The van der Waals surface area contributed by atoms with Gasteiger partial charge in [-0.3, -0.25) is 9.78 Å². The summed E-state index contributed by atoms with van der Waals surface area (Å²) in [6, 6.07) is 37.2. The summed E-state index contributed by atoms with van der Waals surface area (Å²) >= 11 is 0. The summed E-state index contributed by atoms with van der Waals surface area (Å²) in [5.74, 6) is -0.628. The molecule has 9 heteroatoms. The number of fused-ring (bicyclic) bond motifs is 2. The Morgan fingerprint density at radius 1 is 0.727 bits per heavy atom. The van der Waals surface area contributed by atoms with Crippen molar-refractivity contribution in [1.82, 2.24) is 19.6 Å². The quantitative estimate of drug-likeness (QED) is 0.200. The van der Waals surface area contributed by atoms with Crippen LogP contribution in [-0.2, 0) is 21.2 Å². The third-order valence-electron chi connectivity index (χ3n) is 7.41. The fourth-order valence-electron chi connectivity index (χ4n) is 5.35. The zero-order valence-electron chi connectivity index (χ0n) is 23.4. The molecule has 0 fully saturated rings. The van der Waals surface area contributed by atoms with E-state index in [0.29, 0.717) is 16.8 Å². The van der Waals surface area contributed by atoms with Gasteiger partial charge in [-0.15, -0.1) is 0 Å². The van der Waals surface area contributed by atoms with E-state index in [4.69, 9.17) is 9.84 Å². The largest absolute Gasteiger partial charge is 0.360 e. The second-order valence-corrected chi connectivity index (χ2v) is 12.2. The molecule has 7 aromatic rings. The lowest BCUT2D eigenvalue weighted by atomic mass is 10.0. The lowest BCUT2D eigenvalue weighted by molar-refractivity contribution is 0.163. The van der Waals surface area contributed by atoms with Crippen molar-refractivity contribution >= 4 is 26.4 Å². The molecule has 4 aromatic carbocycles. The van der Waals surface area contributed by atoms with Crippen molar-refractivity contribution in [3.8, 4) is 33.5 Å². The van der Waals surface area contributed by atoms with Crippen LogP contribution in [0.15, 0.2) is 137 Å². The van der Waals surface area contributed by atoms with Crippen LogP contribution in [0.5, 0.6) is 0 Å². The van der Waals surface area contributed by atoms with Gasteiger partial charge in [0, 0.05) is 17.1 Å². The van der Waals surface area contributed by atoms with Crippen LogP contribution in [0.3, 0.4) is 0 Å². The molecule has 0 aliphatic rings. The Morgan fingerprint density at radius 2 is 1.41 bits per heavy atom. The van der Waals surface area contributed by atoms with Crippen LogP contribution in [0.4, 0.5) is 0 Å². The highest BCUT2D eigenvalue weighted by atomic mass is 32.2. The van der Waals surface area contributed by atoms with Crippen molar-refractivity contribution < 1.29 is 13.2 Å². The summed E-state index contributed by atoms with van der Waals surface area (Å²) in [5.41, 5.74) is 4.41. The van der Waals surface area contributed by atoms with Crippen molar-refractivity contribution in [2.45, 2.75) is 11.6 Å². The van der Waals surface area contributed by atoms with Crippen LogP contribution in [0.2, 0.25) is 0 Å². The Bertz CT molecular complexity index is 2280. The number of pyridine rings is 1. The number of aromatic amines is 1. The molecule has 44 heavy (non-hydrogen) atoms. The van der Waals surface area contributed by atoms with Gasteiger partial charge in [-0.25, -0.2) is 8.42 Å². The first-order chi connectivity index (χ1) is 21.5. The summed E-state index contributed by atoms with van der Waals surface area (Å²) in [7, 11) is -4.17. The average Bonchev–Trinajstić information content (AvgIpc) is 3.46. The van der Waals surface area contributed by atoms with E-state index in [-0.39, 0.29) is 22.8 Å². The van der Waals surface area contributed by atoms with Crippen molar-refractivity contribution in [2.24, 2.45) is 0 Å². The second-order valence-electron chi connectivity index (χ2n) is 10.3. The highest BCUT2D eigenvalue weighted by Gasteiger charge is 2.29. The monoisotopic (exact) mass is 598 g/mol. The van der Waals surface area contributed by atoms with Gasteiger partial charge in [-0.05, 0) is 34.9 Å². The van der Waals surface area contributed by atoms with Crippen molar-refractivity contribution in [2.75, 3.05) is 5.94 Å².